The number of benzene rings is 3. The fraction of sp³-hybridized carbons (Fsp3) is 0.750. The standard InChI is InChI=1S/2C29H41N3O3.C23H37BrO3.C7H6N2.CH2O3.3CH4.2K.H/c1-27(34)14-15-29(18-35-3)19(16-27)8-9-20-21-10-11-23(28(21,2)13-12-22(20)29)26(33)17-32-25-7-5-4-6-24(25)30-31-32;1-27(34)14-15-29(18-35-3)19(16-27)8-9-20-21-10-11-23(28(21,2)13-12-22(20)29)26(33)17-32-30-24-6-4-5-7-25(24)31-32;1-21(26)10-11-23(14-27-3)15(12-21)4-5-16-17-6-7-19(20(25)13-24)22(17,2)9-8-18(16)23;1-2-4-7-6(3-1)5-8-9-7;2-1-4-3;;;;;;/h2*4-7,19-23,34H,8-18H2,1-3H3;15-19,26H,4-14H2,1-3H3;1-5H,(H,8,9);1,3H;3*1H4;;;/q;;;;;;;;2*+1;-1/p-1/t2*19-,20+,21+,22+,23-,27-,28+,29-;15-,16+,17+,18+,19-,21-,22+,23-;;;;;;;;/m111......../s1. The van der Waals surface area contributed by atoms with E-state index < -0.39 is 16.8 Å². The van der Waals surface area contributed by atoms with Gasteiger partial charge in [0.05, 0.1) is 59.2 Å². The van der Waals surface area contributed by atoms with Gasteiger partial charge in [-0.2, -0.15) is 20.1 Å². The van der Waals surface area contributed by atoms with Crippen LogP contribution in [0.1, 0.15) is 239 Å². The Hall–Kier alpha value is -2.12. The van der Waals surface area contributed by atoms with Crippen molar-refractivity contribution >= 4 is 72.7 Å². The molecule has 12 saturated carbocycles. The third kappa shape index (κ3) is 18.7. The molecule has 0 bridgehead atoms. The van der Waals surface area contributed by atoms with E-state index in [1.54, 1.807) is 9.48 Å². The van der Waals surface area contributed by atoms with Gasteiger partial charge in [0, 0.05) is 44.5 Å². The number of rotatable bonds is 15. The Kier molecular flexibility index (Phi) is 33.1. The predicted octanol–water partition coefficient (Wildman–Crippen LogP) is 11.1. The maximum Gasteiger partial charge on any atom is 1.00 e. The van der Waals surface area contributed by atoms with E-state index in [0.29, 0.717) is 94.3 Å². The molecule has 0 aliphatic heterocycles. The predicted molar refractivity (Wildman–Crippen MR) is 445 cm³/mol. The first-order valence-corrected chi connectivity index (χ1v) is 43.3. The summed E-state index contributed by atoms with van der Waals surface area (Å²) in [5, 5.41) is 67.0. The van der Waals surface area contributed by atoms with E-state index in [9.17, 15) is 29.7 Å². The summed E-state index contributed by atoms with van der Waals surface area (Å²) < 4.78 is 19.4. The number of aromatic amines is 1. The Balaban J connectivity index is 0.000000197. The number of nitrogens with zero attached hydrogens (tertiary/aromatic N) is 7. The van der Waals surface area contributed by atoms with Gasteiger partial charge in [-0.15, -0.1) is 5.10 Å². The molecule has 3 aromatic carbocycles. The van der Waals surface area contributed by atoms with E-state index in [1.165, 1.54) is 70.6 Å². The van der Waals surface area contributed by atoms with E-state index in [-0.39, 0.29) is 190 Å². The Morgan fingerprint density at radius 3 is 1.27 bits per heavy atom. The molecule has 3 heterocycles. The van der Waals surface area contributed by atoms with Crippen LogP contribution >= 0.6 is 15.9 Å². The van der Waals surface area contributed by atoms with Crippen LogP contribution in [0.4, 0.5) is 0 Å². The van der Waals surface area contributed by atoms with Crippen molar-refractivity contribution in [3.05, 3.63) is 79.0 Å². The molecule has 115 heavy (non-hydrogen) atoms. The maximum absolute atomic E-state index is 13.7. The summed E-state index contributed by atoms with van der Waals surface area (Å²) in [7, 11) is 5.56. The van der Waals surface area contributed by atoms with Gasteiger partial charge >= 0.3 is 103 Å². The normalized spacial score (nSPS) is 39.3. The minimum atomic E-state index is -0.534. The summed E-state index contributed by atoms with van der Waals surface area (Å²) in [6.07, 6.45) is 31.6. The number of ether oxygens (including phenoxy) is 3. The van der Waals surface area contributed by atoms with Crippen molar-refractivity contribution in [2.45, 2.75) is 267 Å². The Morgan fingerprint density at radius 2 is 0.878 bits per heavy atom. The largest absolute Gasteiger partial charge is 1.00 e. The maximum atomic E-state index is 13.7. The Labute approximate surface area is 781 Å². The zero-order chi connectivity index (χ0) is 77.8. The fourth-order valence-corrected chi connectivity index (χ4v) is 28.8. The first-order chi connectivity index (χ1) is 52.7. The minimum absolute atomic E-state index is 0. The van der Waals surface area contributed by atoms with E-state index in [4.69, 9.17) is 24.3 Å². The minimum Gasteiger partial charge on any atom is -1.00 e. The van der Waals surface area contributed by atoms with Gasteiger partial charge in [-0.05, 0) is 328 Å². The third-order valence-electron chi connectivity index (χ3n) is 33.2. The molecule has 4 N–H and O–H groups in total. The molecule has 0 amide bonds. The summed E-state index contributed by atoms with van der Waals surface area (Å²) in [5.74, 6) is 9.25. The van der Waals surface area contributed by atoms with Gasteiger partial charge < -0.3 is 41.1 Å². The van der Waals surface area contributed by atoms with Crippen LogP contribution in [0.25, 0.3) is 33.0 Å². The van der Waals surface area contributed by atoms with Gasteiger partial charge in [-0.1, -0.05) is 107 Å². The van der Waals surface area contributed by atoms with Crippen molar-refractivity contribution in [3.8, 4) is 0 Å². The van der Waals surface area contributed by atoms with Crippen LogP contribution in [0.5, 0.6) is 0 Å². The van der Waals surface area contributed by atoms with E-state index in [0.717, 1.165) is 161 Å². The van der Waals surface area contributed by atoms with Crippen LogP contribution < -0.4 is 108 Å². The number of hydrogen-bond acceptors (Lipinski definition) is 17. The van der Waals surface area contributed by atoms with Crippen molar-refractivity contribution in [3.63, 3.8) is 0 Å². The number of Topliss-reactive ketones (excluding diaryl/α,β-unsaturated/α-hetero) is 3. The average Bonchev–Trinajstić information content (AvgIpc) is 1.32. The molecular formula is C92H139BrK2N8O12. The Bertz CT molecular complexity index is 4150. The number of carbonyl (C=O) groups is 4. The second-order valence-electron chi connectivity index (χ2n) is 38.7. The van der Waals surface area contributed by atoms with Crippen LogP contribution in [0.15, 0.2) is 79.0 Å². The molecule has 0 spiro atoms. The van der Waals surface area contributed by atoms with Crippen LogP contribution in [0.2, 0.25) is 0 Å². The number of ketones is 3. The number of aromatic nitrogens is 8. The van der Waals surface area contributed by atoms with Crippen molar-refractivity contribution in [1.29, 1.82) is 0 Å². The molecule has 0 unspecified atom stereocenters. The third-order valence-corrected chi connectivity index (χ3v) is 33.8. The molecule has 23 heteroatoms. The van der Waals surface area contributed by atoms with Crippen molar-refractivity contribution in [2.24, 2.45) is 121 Å². The monoisotopic (exact) mass is 1700 g/mol. The fourth-order valence-electron chi connectivity index (χ4n) is 28.4. The first kappa shape index (κ1) is 96.7. The molecule has 24 atom stereocenters. The van der Waals surface area contributed by atoms with E-state index in [1.807, 2.05) is 121 Å². The molecule has 12 aliphatic carbocycles. The number of alkyl halides is 1. The van der Waals surface area contributed by atoms with Crippen molar-refractivity contribution in [1.82, 2.24) is 40.2 Å². The molecule has 20 nitrogen and oxygen atoms in total. The summed E-state index contributed by atoms with van der Waals surface area (Å²) >= 11 is 3.43. The smallest absolute Gasteiger partial charge is 1.00 e. The zero-order valence-corrected chi connectivity index (χ0v) is 76.9. The van der Waals surface area contributed by atoms with Crippen LogP contribution in [0.3, 0.4) is 0 Å². The average molecular weight is 1710 g/mol. The number of methoxy groups -OCH3 is 3. The van der Waals surface area contributed by atoms with Gasteiger partial charge in [-0.3, -0.25) is 24.3 Å². The van der Waals surface area contributed by atoms with Gasteiger partial charge in [0.25, 0.3) is 6.47 Å². The quantitative estimate of drug-likeness (QED) is 0.0244. The number of hydrogen-bond donors (Lipinski definition) is 4. The summed E-state index contributed by atoms with van der Waals surface area (Å²) in [4.78, 5) is 52.8. The molecular weight excluding hydrogens is 1570 g/mol. The SMILES string of the molecule is C.C.C.COC[C@]12CC[C@@](C)(O)C[C@H]1CC[C@H]1[C@@H]3CC[C@H](C(=O)CBr)[C@@]3(C)CC[C@@H]12.COC[C@]12CC[C@@](C)(O)C[C@H]1CC[C@H]1[C@@H]3CC[C@H](C(=O)Cn4nc5ccccc5n4)[C@@]3(C)CC[C@@H]12.COC[C@]12CC[C@@](C)(O)C[C@H]1CC[C@H]1[C@@H]3CC[C@H](C(=O)Cn4nnc5ccccc54)[C@@]3(C)CC[C@@H]12.O=CO[O-].[H-].[K+].[K+].c1ccc2[nH]ncc2c1. The topological polar surface area (TPSA) is 279 Å². The molecule has 6 aromatic rings. The Morgan fingerprint density at radius 1 is 0.504 bits per heavy atom. The van der Waals surface area contributed by atoms with Crippen LogP contribution in [-0.2, 0) is 51.4 Å². The molecule has 628 valence electrons. The molecule has 0 saturated heterocycles. The zero-order valence-electron chi connectivity index (χ0n) is 70.1. The molecule has 3 aromatic heterocycles. The summed E-state index contributed by atoms with van der Waals surface area (Å²) in [6, 6.07) is 23.7. The number of aliphatic hydroxyl groups is 3. The van der Waals surface area contributed by atoms with Crippen LogP contribution in [0, 0.1) is 121 Å². The number of halogens is 1. The number of carbonyl (C=O) groups excluding carboxylic acids is 4. The molecule has 0 radical (unpaired) electrons. The molecule has 18 rings (SSSR count). The van der Waals surface area contributed by atoms with Gasteiger partial charge in [0.15, 0.2) is 11.6 Å². The second kappa shape index (κ2) is 39.4. The molecule has 12 aliphatic rings. The molecule has 12 fully saturated rings. The van der Waals surface area contributed by atoms with E-state index in [2.05, 4.69) is 72.3 Å². The number of H-pyrrole nitrogens is 1. The number of para-hydroxylation sites is 2. The van der Waals surface area contributed by atoms with E-state index >= 15 is 0 Å². The van der Waals surface area contributed by atoms with Gasteiger partial charge in [-0.25, -0.2) is 4.68 Å². The number of nitrogens with one attached hydrogen (secondary N) is 1. The summed E-state index contributed by atoms with van der Waals surface area (Å²) in [5.41, 5.74) is 4.02. The van der Waals surface area contributed by atoms with Crippen molar-refractivity contribution < 1.29 is 163 Å². The van der Waals surface area contributed by atoms with Crippen molar-refractivity contribution in [2.75, 3.05) is 46.5 Å². The van der Waals surface area contributed by atoms with Gasteiger partial charge in [0.1, 0.15) is 35.4 Å². The van der Waals surface area contributed by atoms with Crippen LogP contribution in [-0.4, -0.2) is 143 Å². The summed E-state index contributed by atoms with van der Waals surface area (Å²) in [6.45, 7) is 16.3. The van der Waals surface area contributed by atoms with Gasteiger partial charge in [0.2, 0.25) is 0 Å². The first-order valence-electron chi connectivity index (χ1n) is 42.2. The second-order valence-corrected chi connectivity index (χ2v) is 39.3. The number of fused-ring (bicyclic) bond motifs is 18.